The Labute approximate surface area is 140 Å². The minimum atomic E-state index is -0.313. The van der Waals surface area contributed by atoms with Crippen LogP contribution < -0.4 is 5.73 Å². The Balaban J connectivity index is 1.93. The predicted octanol–water partition coefficient (Wildman–Crippen LogP) is 2.48. The maximum absolute atomic E-state index is 13.6. The number of aliphatic imine (C=N–C) groups is 2. The molecule has 1 aromatic carbocycles. The lowest BCUT2D eigenvalue weighted by Crippen LogP contribution is -2.29. The first-order chi connectivity index (χ1) is 11.6. The van der Waals surface area contributed by atoms with Gasteiger partial charge in [-0.15, -0.1) is 6.42 Å². The van der Waals surface area contributed by atoms with E-state index in [0.717, 1.165) is 0 Å². The van der Waals surface area contributed by atoms with Crippen LogP contribution in [0.4, 0.5) is 4.39 Å². The second kappa shape index (κ2) is 8.75. The first-order valence-electron chi connectivity index (χ1n) is 7.55. The quantitative estimate of drug-likeness (QED) is 0.644. The maximum Gasteiger partial charge on any atom is 0.222 e. The monoisotopic (exact) mass is 326 g/mol. The highest BCUT2D eigenvalue weighted by Gasteiger charge is 2.17. The Morgan fingerprint density at radius 1 is 1.50 bits per heavy atom. The van der Waals surface area contributed by atoms with E-state index in [9.17, 15) is 4.39 Å². The Kier molecular flexibility index (Phi) is 6.41. The van der Waals surface area contributed by atoms with E-state index in [1.165, 1.54) is 12.1 Å². The molecule has 0 aliphatic carbocycles. The van der Waals surface area contributed by atoms with Crippen molar-refractivity contribution in [2.45, 2.75) is 25.8 Å². The molecule has 6 heteroatoms. The van der Waals surface area contributed by atoms with E-state index < -0.39 is 0 Å². The molecular weight excluding hydrogens is 307 g/mol. The van der Waals surface area contributed by atoms with Gasteiger partial charge in [-0.1, -0.05) is 29.3 Å². The molecule has 0 bridgehead atoms. The molecule has 24 heavy (non-hydrogen) atoms. The summed E-state index contributed by atoms with van der Waals surface area (Å²) in [6.45, 7) is 2.09. The molecule has 0 saturated carbocycles. The van der Waals surface area contributed by atoms with Crippen molar-refractivity contribution in [3.05, 3.63) is 47.4 Å². The second-order valence-electron chi connectivity index (χ2n) is 5.18. The van der Waals surface area contributed by atoms with E-state index >= 15 is 0 Å². The van der Waals surface area contributed by atoms with Gasteiger partial charge in [-0.25, -0.2) is 9.38 Å². The number of halogens is 1. The molecule has 0 amide bonds. The normalized spacial score (nSPS) is 16.2. The zero-order chi connectivity index (χ0) is 17.4. The summed E-state index contributed by atoms with van der Waals surface area (Å²) in [4.78, 5) is 13.7. The predicted molar refractivity (Wildman–Crippen MR) is 94.6 cm³/mol. The smallest absolute Gasteiger partial charge is 0.222 e. The molecule has 1 aromatic rings. The van der Waals surface area contributed by atoms with Crippen molar-refractivity contribution in [1.82, 2.24) is 0 Å². The van der Waals surface area contributed by atoms with Crippen LogP contribution in [0.25, 0.3) is 0 Å². The van der Waals surface area contributed by atoms with Gasteiger partial charge in [0.15, 0.2) is 0 Å². The van der Waals surface area contributed by atoms with Crippen LogP contribution in [0, 0.1) is 18.2 Å². The molecule has 1 aliphatic heterocycles. The van der Waals surface area contributed by atoms with Gasteiger partial charge in [0, 0.05) is 24.8 Å². The van der Waals surface area contributed by atoms with Crippen molar-refractivity contribution in [3.8, 4) is 12.3 Å². The van der Waals surface area contributed by atoms with Crippen molar-refractivity contribution in [3.63, 3.8) is 0 Å². The SMILES string of the molecule is C#C/C=C(\N=CC)C1=NOC(CC(N)Cc2ccccc2F)=NC1. The molecule has 1 aliphatic rings. The molecule has 124 valence electrons. The molecule has 2 N–H and O–H groups in total. The molecule has 0 radical (unpaired) electrons. The Morgan fingerprint density at radius 3 is 2.92 bits per heavy atom. The fourth-order valence-electron chi connectivity index (χ4n) is 2.21. The van der Waals surface area contributed by atoms with Crippen LogP contribution in [0.3, 0.4) is 0 Å². The van der Waals surface area contributed by atoms with Gasteiger partial charge in [-0.2, -0.15) is 0 Å². The van der Waals surface area contributed by atoms with E-state index in [0.29, 0.717) is 42.3 Å². The number of rotatable bonds is 6. The molecule has 0 saturated heterocycles. The third kappa shape index (κ3) is 4.86. The van der Waals surface area contributed by atoms with E-state index in [2.05, 4.69) is 21.1 Å². The van der Waals surface area contributed by atoms with Crippen molar-refractivity contribution in [1.29, 1.82) is 0 Å². The Morgan fingerprint density at radius 2 is 2.29 bits per heavy atom. The van der Waals surface area contributed by atoms with Crippen molar-refractivity contribution >= 4 is 17.8 Å². The van der Waals surface area contributed by atoms with E-state index in [-0.39, 0.29) is 11.9 Å². The van der Waals surface area contributed by atoms with Crippen LogP contribution in [-0.2, 0) is 11.3 Å². The van der Waals surface area contributed by atoms with Gasteiger partial charge in [0.05, 0.1) is 12.2 Å². The molecule has 5 nitrogen and oxygen atoms in total. The van der Waals surface area contributed by atoms with Crippen LogP contribution in [0.1, 0.15) is 18.9 Å². The minimum absolute atomic E-state index is 0.263. The fraction of sp³-hybridized carbons (Fsp3) is 0.278. The zero-order valence-corrected chi connectivity index (χ0v) is 13.4. The number of nitrogens with zero attached hydrogens (tertiary/aromatic N) is 3. The summed E-state index contributed by atoms with van der Waals surface area (Å²) >= 11 is 0. The highest BCUT2D eigenvalue weighted by molar-refractivity contribution is 6.04. The molecule has 0 aromatic heterocycles. The number of terminal acetylenes is 1. The number of benzene rings is 1. The number of hydrogen-bond acceptors (Lipinski definition) is 5. The van der Waals surface area contributed by atoms with Crippen molar-refractivity contribution in [2.24, 2.45) is 20.9 Å². The lowest BCUT2D eigenvalue weighted by atomic mass is 10.0. The molecular formula is C18H19FN4O. The number of oxime groups is 1. The van der Waals surface area contributed by atoms with Crippen LogP contribution in [0.2, 0.25) is 0 Å². The average Bonchev–Trinajstić information content (AvgIpc) is 2.57. The average molecular weight is 326 g/mol. The zero-order valence-electron chi connectivity index (χ0n) is 13.4. The molecule has 0 spiro atoms. The van der Waals surface area contributed by atoms with Gasteiger partial charge < -0.3 is 10.6 Å². The lowest BCUT2D eigenvalue weighted by Gasteiger charge is -2.16. The van der Waals surface area contributed by atoms with Crippen LogP contribution in [-0.4, -0.2) is 30.4 Å². The lowest BCUT2D eigenvalue weighted by molar-refractivity contribution is 0.306. The first kappa shape index (κ1) is 17.6. The van der Waals surface area contributed by atoms with Gasteiger partial charge in [-0.3, -0.25) is 4.99 Å². The standard InChI is InChI=1S/C18H19FN4O/c1-3-7-16(21-4-2)17-12-22-18(24-23-17)11-14(20)10-13-8-5-6-9-15(13)19/h1,4-9,14H,10-12,20H2,2H3/b16-7-,21-4?. The van der Waals surface area contributed by atoms with Crippen LogP contribution >= 0.6 is 0 Å². The minimum Gasteiger partial charge on any atom is -0.341 e. The first-order valence-corrected chi connectivity index (χ1v) is 7.55. The van der Waals surface area contributed by atoms with Gasteiger partial charge in [-0.05, 0) is 25.0 Å². The summed E-state index contributed by atoms with van der Waals surface area (Å²) in [5.74, 6) is 2.57. The summed E-state index contributed by atoms with van der Waals surface area (Å²) in [7, 11) is 0. The topological polar surface area (TPSA) is 72.3 Å². The molecule has 2 rings (SSSR count). The molecule has 1 heterocycles. The highest BCUT2D eigenvalue weighted by Crippen LogP contribution is 2.13. The van der Waals surface area contributed by atoms with Gasteiger partial charge in [0.25, 0.3) is 0 Å². The number of hydrogen-bond donors (Lipinski definition) is 1. The number of allylic oxidation sites excluding steroid dienone is 1. The van der Waals surface area contributed by atoms with E-state index in [1.807, 2.05) is 0 Å². The summed E-state index contributed by atoms with van der Waals surface area (Å²) in [5.41, 5.74) is 7.72. The van der Waals surface area contributed by atoms with Crippen LogP contribution in [0.5, 0.6) is 0 Å². The largest absolute Gasteiger partial charge is 0.341 e. The van der Waals surface area contributed by atoms with Gasteiger partial charge in [0.1, 0.15) is 11.5 Å². The summed E-state index contributed by atoms with van der Waals surface area (Å²) in [6.07, 6.45) is 9.16. The van der Waals surface area contributed by atoms with Crippen molar-refractivity contribution < 1.29 is 9.23 Å². The van der Waals surface area contributed by atoms with Gasteiger partial charge in [0.2, 0.25) is 5.90 Å². The number of nitrogens with two attached hydrogens (primary N) is 1. The summed E-state index contributed by atoms with van der Waals surface area (Å²) < 4.78 is 13.6. The van der Waals surface area contributed by atoms with E-state index in [1.54, 1.807) is 31.3 Å². The third-order valence-corrected chi connectivity index (χ3v) is 3.33. The Bertz CT molecular complexity index is 744. The molecule has 0 fully saturated rings. The highest BCUT2D eigenvalue weighted by atomic mass is 19.1. The van der Waals surface area contributed by atoms with Crippen LogP contribution in [0.15, 0.2) is 51.2 Å². The molecule has 1 unspecified atom stereocenters. The van der Waals surface area contributed by atoms with Crippen molar-refractivity contribution in [2.75, 3.05) is 6.54 Å². The second-order valence-corrected chi connectivity index (χ2v) is 5.18. The van der Waals surface area contributed by atoms with Gasteiger partial charge >= 0.3 is 0 Å². The summed E-state index contributed by atoms with van der Waals surface area (Å²) in [5, 5.41) is 4.00. The maximum atomic E-state index is 13.6. The third-order valence-electron chi connectivity index (χ3n) is 3.33. The van der Waals surface area contributed by atoms with E-state index in [4.69, 9.17) is 17.0 Å². The fourth-order valence-corrected chi connectivity index (χ4v) is 2.21. The Hall–Kier alpha value is -2.78. The summed E-state index contributed by atoms with van der Waals surface area (Å²) in [6, 6.07) is 6.25. The molecule has 1 atom stereocenters.